The maximum atomic E-state index is 12.1. The normalized spacial score (nSPS) is 16.8. The SMILES string of the molecule is CCN1C(=O)S/C(=C/c2cc(C)n(-c3ccccc3)c2)C1=O. The molecule has 0 N–H and O–H groups in total. The molecule has 1 aromatic carbocycles. The third kappa shape index (κ3) is 2.60. The second-order valence-corrected chi connectivity index (χ2v) is 6.04. The number of amides is 2. The van der Waals surface area contributed by atoms with Gasteiger partial charge in [0.1, 0.15) is 0 Å². The summed E-state index contributed by atoms with van der Waals surface area (Å²) in [4.78, 5) is 25.6. The number of carbonyl (C=O) groups is 2. The first-order valence-electron chi connectivity index (χ1n) is 7.10. The minimum absolute atomic E-state index is 0.196. The van der Waals surface area contributed by atoms with E-state index in [0.717, 1.165) is 28.7 Å². The number of carbonyl (C=O) groups excluding carboxylic acids is 2. The number of likely N-dealkylation sites (N-methyl/N-ethyl adjacent to an activating group) is 1. The third-order valence-corrected chi connectivity index (χ3v) is 4.46. The smallest absolute Gasteiger partial charge is 0.293 e. The average molecular weight is 312 g/mol. The Morgan fingerprint density at radius 1 is 1.18 bits per heavy atom. The standard InChI is InChI=1S/C17H16N2O2S/c1-3-18-16(20)15(22-17(18)21)10-13-9-12(2)19(11-13)14-7-5-4-6-8-14/h4-11H,3H2,1-2H3/b15-10+. The number of hydrogen-bond acceptors (Lipinski definition) is 3. The van der Waals surface area contributed by atoms with Crippen LogP contribution >= 0.6 is 11.8 Å². The highest BCUT2D eigenvalue weighted by molar-refractivity contribution is 8.18. The van der Waals surface area contributed by atoms with E-state index in [-0.39, 0.29) is 11.1 Å². The fourth-order valence-electron chi connectivity index (χ4n) is 2.47. The summed E-state index contributed by atoms with van der Waals surface area (Å²) in [6, 6.07) is 12.0. The van der Waals surface area contributed by atoms with E-state index in [2.05, 4.69) is 4.57 Å². The monoisotopic (exact) mass is 312 g/mol. The molecule has 112 valence electrons. The Balaban J connectivity index is 1.93. The molecule has 1 aliphatic rings. The summed E-state index contributed by atoms with van der Waals surface area (Å²) in [7, 11) is 0. The van der Waals surface area contributed by atoms with Crippen LogP contribution in [0.3, 0.4) is 0 Å². The maximum Gasteiger partial charge on any atom is 0.293 e. The Morgan fingerprint density at radius 3 is 2.55 bits per heavy atom. The summed E-state index contributed by atoms with van der Waals surface area (Å²) in [6.45, 7) is 4.23. The Bertz CT molecular complexity index is 762. The molecular formula is C17H16N2O2S. The zero-order valence-electron chi connectivity index (χ0n) is 12.4. The van der Waals surface area contributed by atoms with Gasteiger partial charge in [0.15, 0.2) is 0 Å². The molecule has 4 nitrogen and oxygen atoms in total. The molecule has 5 heteroatoms. The quantitative estimate of drug-likeness (QED) is 0.809. The Labute approximate surface area is 133 Å². The third-order valence-electron chi connectivity index (χ3n) is 3.56. The molecule has 3 rings (SSSR count). The van der Waals surface area contributed by atoms with Crippen molar-refractivity contribution in [2.45, 2.75) is 13.8 Å². The minimum Gasteiger partial charge on any atom is -0.321 e. The van der Waals surface area contributed by atoms with Gasteiger partial charge in [-0.05, 0) is 55.4 Å². The van der Waals surface area contributed by atoms with Gasteiger partial charge in [-0.2, -0.15) is 0 Å². The first-order chi connectivity index (χ1) is 10.6. The van der Waals surface area contributed by atoms with Crippen LogP contribution in [0.15, 0.2) is 47.5 Å². The van der Waals surface area contributed by atoms with Crippen molar-refractivity contribution in [3.05, 3.63) is 58.8 Å². The summed E-state index contributed by atoms with van der Waals surface area (Å²) in [5.74, 6) is -0.206. The molecule has 0 saturated carbocycles. The maximum absolute atomic E-state index is 12.1. The summed E-state index contributed by atoms with van der Waals surface area (Å²) < 4.78 is 2.07. The number of imide groups is 1. The van der Waals surface area contributed by atoms with E-state index in [9.17, 15) is 9.59 Å². The first kappa shape index (κ1) is 14.7. The van der Waals surface area contributed by atoms with Gasteiger partial charge in [0.2, 0.25) is 0 Å². The molecule has 0 unspecified atom stereocenters. The molecule has 0 atom stereocenters. The lowest BCUT2D eigenvalue weighted by atomic mass is 10.3. The van der Waals surface area contributed by atoms with Crippen molar-refractivity contribution in [2.75, 3.05) is 6.54 Å². The lowest BCUT2D eigenvalue weighted by Crippen LogP contribution is -2.27. The van der Waals surface area contributed by atoms with Crippen LogP contribution in [0.1, 0.15) is 18.2 Å². The van der Waals surface area contributed by atoms with Gasteiger partial charge >= 0.3 is 0 Å². The number of aromatic nitrogens is 1. The van der Waals surface area contributed by atoms with E-state index >= 15 is 0 Å². The molecule has 1 fully saturated rings. The molecule has 0 aliphatic carbocycles. The summed E-state index contributed by atoms with van der Waals surface area (Å²) in [5, 5.41) is -0.196. The van der Waals surface area contributed by atoms with E-state index in [1.165, 1.54) is 4.90 Å². The second kappa shape index (κ2) is 5.85. The predicted molar refractivity (Wildman–Crippen MR) is 88.9 cm³/mol. The van der Waals surface area contributed by atoms with Gasteiger partial charge < -0.3 is 4.57 Å². The number of para-hydroxylation sites is 1. The molecule has 1 saturated heterocycles. The molecule has 2 aromatic rings. The highest BCUT2D eigenvalue weighted by atomic mass is 32.2. The molecule has 22 heavy (non-hydrogen) atoms. The van der Waals surface area contributed by atoms with Gasteiger partial charge in [0.05, 0.1) is 4.91 Å². The number of aryl methyl sites for hydroxylation is 1. The molecule has 0 radical (unpaired) electrons. The number of thioether (sulfide) groups is 1. The lowest BCUT2D eigenvalue weighted by molar-refractivity contribution is -0.122. The zero-order valence-corrected chi connectivity index (χ0v) is 13.3. The van der Waals surface area contributed by atoms with Crippen LogP contribution in [0.5, 0.6) is 0 Å². The van der Waals surface area contributed by atoms with Crippen molar-refractivity contribution in [2.24, 2.45) is 0 Å². The summed E-state index contributed by atoms with van der Waals surface area (Å²) in [5.41, 5.74) is 3.07. The van der Waals surface area contributed by atoms with Crippen LogP contribution in [-0.4, -0.2) is 27.2 Å². The molecule has 1 aromatic heterocycles. The molecule has 0 spiro atoms. The molecular weight excluding hydrogens is 296 g/mol. The van der Waals surface area contributed by atoms with Crippen molar-refractivity contribution in [3.63, 3.8) is 0 Å². The van der Waals surface area contributed by atoms with Gasteiger partial charge in [-0.3, -0.25) is 14.5 Å². The van der Waals surface area contributed by atoms with Crippen LogP contribution in [0, 0.1) is 6.92 Å². The Kier molecular flexibility index (Phi) is 3.90. The highest BCUT2D eigenvalue weighted by Crippen LogP contribution is 2.32. The first-order valence-corrected chi connectivity index (χ1v) is 7.91. The van der Waals surface area contributed by atoms with Crippen LogP contribution in [0.4, 0.5) is 4.79 Å². The van der Waals surface area contributed by atoms with Gasteiger partial charge in [-0.15, -0.1) is 0 Å². The van der Waals surface area contributed by atoms with Crippen LogP contribution < -0.4 is 0 Å². The van der Waals surface area contributed by atoms with E-state index in [1.807, 2.05) is 49.5 Å². The zero-order chi connectivity index (χ0) is 15.7. The van der Waals surface area contributed by atoms with Crippen molar-refractivity contribution in [1.29, 1.82) is 0 Å². The van der Waals surface area contributed by atoms with E-state index in [4.69, 9.17) is 0 Å². The Hall–Kier alpha value is -2.27. The second-order valence-electron chi connectivity index (χ2n) is 5.05. The lowest BCUT2D eigenvalue weighted by Gasteiger charge is -2.06. The minimum atomic E-state index is -0.206. The van der Waals surface area contributed by atoms with Gasteiger partial charge in [-0.25, -0.2) is 0 Å². The molecule has 2 heterocycles. The highest BCUT2D eigenvalue weighted by Gasteiger charge is 2.33. The predicted octanol–water partition coefficient (Wildman–Crippen LogP) is 3.84. The number of benzene rings is 1. The number of nitrogens with zero attached hydrogens (tertiary/aromatic N) is 2. The Morgan fingerprint density at radius 2 is 1.91 bits per heavy atom. The van der Waals surface area contributed by atoms with Gasteiger partial charge in [-0.1, -0.05) is 18.2 Å². The molecule has 2 amide bonds. The van der Waals surface area contributed by atoms with Crippen molar-refractivity contribution in [1.82, 2.24) is 9.47 Å². The van der Waals surface area contributed by atoms with Crippen molar-refractivity contribution < 1.29 is 9.59 Å². The van der Waals surface area contributed by atoms with E-state index in [0.29, 0.717) is 11.4 Å². The largest absolute Gasteiger partial charge is 0.321 e. The van der Waals surface area contributed by atoms with Gasteiger partial charge in [0.25, 0.3) is 11.1 Å². The van der Waals surface area contributed by atoms with E-state index in [1.54, 1.807) is 13.0 Å². The average Bonchev–Trinajstić information content (AvgIpc) is 3.00. The van der Waals surface area contributed by atoms with Crippen LogP contribution in [0.25, 0.3) is 11.8 Å². The topological polar surface area (TPSA) is 42.3 Å². The summed E-state index contributed by atoms with van der Waals surface area (Å²) in [6.07, 6.45) is 3.76. The van der Waals surface area contributed by atoms with E-state index < -0.39 is 0 Å². The van der Waals surface area contributed by atoms with Crippen molar-refractivity contribution in [3.8, 4) is 5.69 Å². The fourth-order valence-corrected chi connectivity index (χ4v) is 3.37. The van der Waals surface area contributed by atoms with Crippen LogP contribution in [-0.2, 0) is 4.79 Å². The van der Waals surface area contributed by atoms with Gasteiger partial charge in [0, 0.05) is 24.1 Å². The number of rotatable bonds is 3. The molecule has 1 aliphatic heterocycles. The summed E-state index contributed by atoms with van der Waals surface area (Å²) >= 11 is 1.00. The van der Waals surface area contributed by atoms with Crippen molar-refractivity contribution >= 4 is 29.0 Å². The number of hydrogen-bond donors (Lipinski definition) is 0. The van der Waals surface area contributed by atoms with Crippen LogP contribution in [0.2, 0.25) is 0 Å². The fraction of sp³-hybridized carbons (Fsp3) is 0.176. The molecule has 0 bridgehead atoms.